The van der Waals surface area contributed by atoms with Gasteiger partial charge in [0.25, 0.3) is 0 Å². The van der Waals surface area contributed by atoms with E-state index in [0.29, 0.717) is 19.5 Å². The van der Waals surface area contributed by atoms with Gasteiger partial charge in [-0.15, -0.1) is 0 Å². The molecule has 3 aromatic rings. The van der Waals surface area contributed by atoms with Gasteiger partial charge in [0.15, 0.2) is 0 Å². The number of aliphatic hydroxyl groups is 2. The van der Waals surface area contributed by atoms with Crippen molar-refractivity contribution < 1.29 is 10.2 Å². The number of rotatable bonds is 5. The Bertz CT molecular complexity index is 848. The molecule has 0 bridgehead atoms. The number of benzene rings is 2. The first-order valence-corrected chi connectivity index (χ1v) is 8.97. The Hall–Kier alpha value is -2.47. The molecule has 134 valence electrons. The highest BCUT2D eigenvalue weighted by atomic mass is 16.3. The van der Waals surface area contributed by atoms with Crippen LogP contribution in [0, 0.1) is 0 Å². The fraction of sp³-hybridized carbons (Fsp3) is 0.286. The van der Waals surface area contributed by atoms with Gasteiger partial charge in [-0.3, -0.25) is 4.90 Å². The Morgan fingerprint density at radius 3 is 2.38 bits per heavy atom. The topological polar surface area (TPSA) is 61.5 Å². The quantitative estimate of drug-likeness (QED) is 0.743. The van der Waals surface area contributed by atoms with Crippen molar-refractivity contribution in [1.82, 2.24) is 14.7 Å². The number of hydrogen-bond acceptors (Lipinski definition) is 4. The fourth-order valence-corrected chi connectivity index (χ4v) is 3.64. The molecule has 1 fully saturated rings. The summed E-state index contributed by atoms with van der Waals surface area (Å²) < 4.78 is 1.90. The third-order valence-electron chi connectivity index (χ3n) is 4.95. The van der Waals surface area contributed by atoms with Gasteiger partial charge in [-0.2, -0.15) is 5.10 Å². The summed E-state index contributed by atoms with van der Waals surface area (Å²) in [4.78, 5) is 2.14. The molecule has 1 saturated heterocycles. The third-order valence-corrected chi connectivity index (χ3v) is 4.95. The van der Waals surface area contributed by atoms with Crippen molar-refractivity contribution >= 4 is 0 Å². The number of para-hydroxylation sites is 1. The Labute approximate surface area is 153 Å². The van der Waals surface area contributed by atoms with E-state index in [1.165, 1.54) is 0 Å². The van der Waals surface area contributed by atoms with Crippen molar-refractivity contribution in [2.45, 2.75) is 25.1 Å². The molecule has 26 heavy (non-hydrogen) atoms. The lowest BCUT2D eigenvalue weighted by molar-refractivity contribution is 0.150. The lowest BCUT2D eigenvalue weighted by Gasteiger charge is -2.22. The summed E-state index contributed by atoms with van der Waals surface area (Å²) >= 11 is 0. The van der Waals surface area contributed by atoms with E-state index in [1.807, 2.05) is 53.2 Å². The van der Waals surface area contributed by atoms with Gasteiger partial charge in [0.05, 0.1) is 24.1 Å². The van der Waals surface area contributed by atoms with Gasteiger partial charge in [-0.05, 0) is 18.6 Å². The van der Waals surface area contributed by atoms with E-state index >= 15 is 0 Å². The maximum atomic E-state index is 9.98. The van der Waals surface area contributed by atoms with E-state index in [9.17, 15) is 10.2 Å². The SMILES string of the molecule is OC[C@@H]1C[C@@H](O)CN1Cc1cn(-c2ccccc2)nc1-c1ccccc1. The molecular formula is C21H23N3O2. The molecule has 1 aromatic heterocycles. The van der Waals surface area contributed by atoms with Crippen LogP contribution >= 0.6 is 0 Å². The first-order chi connectivity index (χ1) is 12.7. The number of nitrogens with zero attached hydrogens (tertiary/aromatic N) is 3. The average molecular weight is 349 g/mol. The molecule has 0 amide bonds. The van der Waals surface area contributed by atoms with E-state index in [0.717, 1.165) is 22.5 Å². The molecule has 1 aliphatic rings. The van der Waals surface area contributed by atoms with Crippen LogP contribution in [0.15, 0.2) is 66.9 Å². The van der Waals surface area contributed by atoms with E-state index in [2.05, 4.69) is 23.2 Å². The molecule has 2 atom stereocenters. The van der Waals surface area contributed by atoms with Crippen LogP contribution in [0.25, 0.3) is 16.9 Å². The van der Waals surface area contributed by atoms with Gasteiger partial charge in [0.2, 0.25) is 0 Å². The predicted molar refractivity (Wildman–Crippen MR) is 101 cm³/mol. The fourth-order valence-electron chi connectivity index (χ4n) is 3.64. The molecule has 0 spiro atoms. The second-order valence-electron chi connectivity index (χ2n) is 6.80. The maximum absolute atomic E-state index is 9.98. The number of hydrogen-bond donors (Lipinski definition) is 2. The predicted octanol–water partition coefficient (Wildman–Crippen LogP) is 2.47. The number of aliphatic hydroxyl groups excluding tert-OH is 2. The second-order valence-corrected chi connectivity index (χ2v) is 6.80. The highest BCUT2D eigenvalue weighted by Crippen LogP contribution is 2.27. The lowest BCUT2D eigenvalue weighted by atomic mass is 10.1. The van der Waals surface area contributed by atoms with E-state index in [-0.39, 0.29) is 18.8 Å². The van der Waals surface area contributed by atoms with E-state index in [4.69, 9.17) is 5.10 Å². The highest BCUT2D eigenvalue weighted by molar-refractivity contribution is 5.63. The Kier molecular flexibility index (Phi) is 4.84. The Morgan fingerprint density at radius 1 is 1.00 bits per heavy atom. The standard InChI is InChI=1S/C21H23N3O2/c25-15-19-11-20(26)14-23(19)12-17-13-24(18-9-5-2-6-10-18)22-21(17)16-7-3-1-4-8-16/h1-10,13,19-20,25-26H,11-12,14-15H2/t19-,20+/m0/s1. The molecule has 5 nitrogen and oxygen atoms in total. The van der Waals surface area contributed by atoms with Crippen molar-refractivity contribution in [2.24, 2.45) is 0 Å². The van der Waals surface area contributed by atoms with Gasteiger partial charge in [0.1, 0.15) is 0 Å². The lowest BCUT2D eigenvalue weighted by Crippen LogP contribution is -2.31. The Balaban J connectivity index is 1.71. The molecule has 0 unspecified atom stereocenters. The molecule has 5 heteroatoms. The van der Waals surface area contributed by atoms with Crippen LogP contribution in [0.4, 0.5) is 0 Å². The van der Waals surface area contributed by atoms with Crippen LogP contribution in [0.1, 0.15) is 12.0 Å². The summed E-state index contributed by atoms with van der Waals surface area (Å²) in [5.74, 6) is 0. The zero-order valence-corrected chi connectivity index (χ0v) is 14.6. The first kappa shape index (κ1) is 17.0. The van der Waals surface area contributed by atoms with Gasteiger partial charge < -0.3 is 10.2 Å². The summed E-state index contributed by atoms with van der Waals surface area (Å²) in [6.07, 6.45) is 2.29. The summed E-state index contributed by atoms with van der Waals surface area (Å²) in [7, 11) is 0. The van der Waals surface area contributed by atoms with Crippen LogP contribution in [0.3, 0.4) is 0 Å². The van der Waals surface area contributed by atoms with Crippen molar-refractivity contribution in [3.8, 4) is 16.9 Å². The number of aromatic nitrogens is 2. The summed E-state index contributed by atoms with van der Waals surface area (Å²) in [6, 6.07) is 20.2. The van der Waals surface area contributed by atoms with Crippen LogP contribution in [-0.4, -0.2) is 50.2 Å². The highest BCUT2D eigenvalue weighted by Gasteiger charge is 2.31. The van der Waals surface area contributed by atoms with Crippen LogP contribution in [0.2, 0.25) is 0 Å². The maximum Gasteiger partial charge on any atom is 0.0972 e. The van der Waals surface area contributed by atoms with E-state index < -0.39 is 0 Å². The number of likely N-dealkylation sites (tertiary alicyclic amines) is 1. The van der Waals surface area contributed by atoms with Crippen molar-refractivity contribution in [3.05, 3.63) is 72.4 Å². The van der Waals surface area contributed by atoms with E-state index in [1.54, 1.807) is 0 Å². The minimum absolute atomic E-state index is 0.00583. The molecule has 1 aliphatic heterocycles. The molecule has 0 aliphatic carbocycles. The van der Waals surface area contributed by atoms with Gasteiger partial charge >= 0.3 is 0 Å². The third kappa shape index (κ3) is 3.42. The second kappa shape index (κ2) is 7.41. The summed E-state index contributed by atoms with van der Waals surface area (Å²) in [5.41, 5.74) is 4.11. The van der Waals surface area contributed by atoms with Crippen molar-refractivity contribution in [1.29, 1.82) is 0 Å². The monoisotopic (exact) mass is 349 g/mol. The van der Waals surface area contributed by atoms with Crippen molar-refractivity contribution in [2.75, 3.05) is 13.2 Å². The van der Waals surface area contributed by atoms with Gasteiger partial charge in [-0.25, -0.2) is 4.68 Å². The minimum Gasteiger partial charge on any atom is -0.395 e. The van der Waals surface area contributed by atoms with Gasteiger partial charge in [0, 0.05) is 36.5 Å². The molecule has 0 radical (unpaired) electrons. The van der Waals surface area contributed by atoms with Gasteiger partial charge in [-0.1, -0.05) is 48.5 Å². The van der Waals surface area contributed by atoms with Crippen LogP contribution in [-0.2, 0) is 6.54 Å². The number of β-amino-alcohol motifs (C(OH)–C–C–N with tert-alkyl or cyclic N) is 1. The molecule has 2 aromatic carbocycles. The zero-order valence-electron chi connectivity index (χ0n) is 14.6. The van der Waals surface area contributed by atoms with Crippen molar-refractivity contribution in [3.63, 3.8) is 0 Å². The minimum atomic E-state index is -0.378. The molecule has 2 heterocycles. The zero-order chi connectivity index (χ0) is 17.9. The molecule has 2 N–H and O–H groups in total. The smallest absolute Gasteiger partial charge is 0.0972 e. The molecule has 4 rings (SSSR count). The van der Waals surface area contributed by atoms with Crippen LogP contribution < -0.4 is 0 Å². The normalized spacial score (nSPS) is 20.5. The molecule has 0 saturated carbocycles. The molecular weight excluding hydrogens is 326 g/mol. The summed E-state index contributed by atoms with van der Waals surface area (Å²) in [5, 5.41) is 24.4. The largest absolute Gasteiger partial charge is 0.395 e. The first-order valence-electron chi connectivity index (χ1n) is 8.97. The average Bonchev–Trinajstić information content (AvgIpc) is 3.26. The van der Waals surface area contributed by atoms with Crippen LogP contribution in [0.5, 0.6) is 0 Å². The Morgan fingerprint density at radius 2 is 1.69 bits per heavy atom. The summed E-state index contributed by atoms with van der Waals surface area (Å²) in [6.45, 7) is 1.29.